The summed E-state index contributed by atoms with van der Waals surface area (Å²) in [6.45, 7) is 9.97. The number of rotatable bonds is 6. The molecule has 0 atom stereocenters. The molecule has 0 aliphatic heterocycles. The van der Waals surface area contributed by atoms with Crippen LogP contribution in [0.15, 0.2) is 114 Å². The van der Waals surface area contributed by atoms with Crippen LogP contribution in [0.2, 0.25) is 0 Å². The number of nitrogens with zero attached hydrogens (tertiary/aromatic N) is 1. The molecular weight excluding hydrogens is 376 g/mol. The van der Waals surface area contributed by atoms with Gasteiger partial charge >= 0.3 is 0 Å². The number of fused-ring (bicyclic) bond motifs is 1. The predicted molar refractivity (Wildman–Crippen MR) is 139 cm³/mol. The predicted octanol–water partition coefficient (Wildman–Crippen LogP) is 7.80. The topological polar surface area (TPSA) is 38.4 Å². The van der Waals surface area contributed by atoms with E-state index in [0.29, 0.717) is 0 Å². The Hall–Kier alpha value is -3.65. The normalized spacial score (nSPS) is 12.2. The van der Waals surface area contributed by atoms with Gasteiger partial charge in [-0.3, -0.25) is 4.99 Å². The van der Waals surface area contributed by atoms with Gasteiger partial charge in [0, 0.05) is 17.8 Å². The highest BCUT2D eigenvalue weighted by atomic mass is 14.7. The molecule has 0 fully saturated rings. The summed E-state index contributed by atoms with van der Waals surface area (Å²) in [5.41, 5.74) is 10.6. The molecule has 0 aliphatic rings. The van der Waals surface area contributed by atoms with Gasteiger partial charge in [-0.15, -0.1) is 0 Å². The second-order valence-electron chi connectivity index (χ2n) is 7.27. The molecular formula is C29H32N2. The van der Waals surface area contributed by atoms with Gasteiger partial charge in [0.2, 0.25) is 0 Å². The lowest BCUT2D eigenvalue weighted by atomic mass is 10.0. The first kappa shape index (κ1) is 23.6. The summed E-state index contributed by atoms with van der Waals surface area (Å²) in [6.07, 6.45) is 10.5. The summed E-state index contributed by atoms with van der Waals surface area (Å²) in [5, 5.41) is 2.53. The van der Waals surface area contributed by atoms with Crippen molar-refractivity contribution < 1.29 is 0 Å². The van der Waals surface area contributed by atoms with Crippen LogP contribution in [-0.2, 0) is 0 Å². The van der Waals surface area contributed by atoms with Crippen LogP contribution in [-0.4, -0.2) is 5.71 Å². The van der Waals surface area contributed by atoms with E-state index < -0.39 is 0 Å². The quantitative estimate of drug-likeness (QED) is 0.328. The van der Waals surface area contributed by atoms with E-state index in [9.17, 15) is 0 Å². The van der Waals surface area contributed by atoms with Crippen molar-refractivity contribution in [1.82, 2.24) is 0 Å². The van der Waals surface area contributed by atoms with E-state index in [1.807, 2.05) is 56.3 Å². The summed E-state index contributed by atoms with van der Waals surface area (Å²) >= 11 is 0. The Kier molecular flexibility index (Phi) is 9.77. The maximum atomic E-state index is 5.18. The average Bonchev–Trinajstić information content (AvgIpc) is 2.78. The molecule has 2 nitrogen and oxygen atoms in total. The summed E-state index contributed by atoms with van der Waals surface area (Å²) in [5.74, 6) is 0. The molecule has 158 valence electrons. The number of hydrogen-bond donors (Lipinski definition) is 1. The molecule has 2 N–H and O–H groups in total. The number of aliphatic imine (C=N–C) groups is 1. The minimum atomic E-state index is 0.828. The zero-order valence-corrected chi connectivity index (χ0v) is 18.8. The van der Waals surface area contributed by atoms with E-state index in [1.165, 1.54) is 28.1 Å². The molecule has 0 aromatic heterocycles. The summed E-state index contributed by atoms with van der Waals surface area (Å²) in [6, 6.07) is 24.9. The van der Waals surface area contributed by atoms with Crippen molar-refractivity contribution in [2.45, 2.75) is 27.2 Å². The van der Waals surface area contributed by atoms with Crippen molar-refractivity contribution in [3.63, 3.8) is 0 Å². The molecule has 0 saturated carbocycles. The Morgan fingerprint density at radius 2 is 1.61 bits per heavy atom. The third-order valence-corrected chi connectivity index (χ3v) is 4.57. The molecule has 0 unspecified atom stereocenters. The molecule has 0 heterocycles. The fraction of sp³-hybridized carbons (Fsp3) is 0.138. The molecule has 0 radical (unpaired) electrons. The van der Waals surface area contributed by atoms with Crippen molar-refractivity contribution in [2.75, 3.05) is 0 Å². The van der Waals surface area contributed by atoms with Gasteiger partial charge in [-0.1, -0.05) is 85.5 Å². The van der Waals surface area contributed by atoms with Crippen LogP contribution in [0.1, 0.15) is 38.3 Å². The Morgan fingerprint density at radius 3 is 2.26 bits per heavy atom. The van der Waals surface area contributed by atoms with Gasteiger partial charge in [0.1, 0.15) is 0 Å². The molecule has 0 aliphatic carbocycles. The molecule has 0 spiro atoms. The van der Waals surface area contributed by atoms with E-state index in [1.54, 1.807) is 0 Å². The van der Waals surface area contributed by atoms with Crippen LogP contribution in [0.3, 0.4) is 0 Å². The molecule has 0 amide bonds. The van der Waals surface area contributed by atoms with Crippen LogP contribution in [0.5, 0.6) is 0 Å². The monoisotopic (exact) mass is 408 g/mol. The van der Waals surface area contributed by atoms with Crippen molar-refractivity contribution in [2.24, 2.45) is 10.7 Å². The maximum absolute atomic E-state index is 5.18. The van der Waals surface area contributed by atoms with Gasteiger partial charge in [0.25, 0.3) is 0 Å². The van der Waals surface area contributed by atoms with Crippen LogP contribution in [0.4, 0.5) is 0 Å². The van der Waals surface area contributed by atoms with Gasteiger partial charge in [-0.25, -0.2) is 0 Å². The van der Waals surface area contributed by atoms with Gasteiger partial charge in [0.15, 0.2) is 0 Å². The molecule has 0 bridgehead atoms. The summed E-state index contributed by atoms with van der Waals surface area (Å²) < 4.78 is 0. The largest absolute Gasteiger partial charge is 0.405 e. The smallest absolute Gasteiger partial charge is 0.0447 e. The van der Waals surface area contributed by atoms with Crippen molar-refractivity contribution in [1.29, 1.82) is 0 Å². The highest BCUT2D eigenvalue weighted by Crippen LogP contribution is 2.21. The number of benzene rings is 3. The zero-order chi connectivity index (χ0) is 22.5. The highest BCUT2D eigenvalue weighted by Gasteiger charge is 2.01. The van der Waals surface area contributed by atoms with Crippen molar-refractivity contribution >= 4 is 28.1 Å². The first-order valence-corrected chi connectivity index (χ1v) is 10.5. The lowest BCUT2D eigenvalue weighted by molar-refractivity contribution is 1.29. The fourth-order valence-electron chi connectivity index (χ4n) is 3.06. The third kappa shape index (κ3) is 8.31. The first-order chi connectivity index (χ1) is 15.0. The Morgan fingerprint density at radius 1 is 0.935 bits per heavy atom. The number of allylic oxidation sites excluding steroid dienone is 5. The maximum Gasteiger partial charge on any atom is 0.0447 e. The van der Waals surface area contributed by atoms with Crippen molar-refractivity contribution in [3.8, 4) is 0 Å². The number of nitrogens with two attached hydrogens (primary N) is 1. The van der Waals surface area contributed by atoms with E-state index in [2.05, 4.69) is 73.1 Å². The minimum absolute atomic E-state index is 0.828. The molecule has 3 aromatic rings. The molecule has 3 aromatic carbocycles. The minimum Gasteiger partial charge on any atom is -0.405 e. The van der Waals surface area contributed by atoms with E-state index in [0.717, 1.165) is 23.4 Å². The SMILES string of the molecule is C=C(C)N=C(/C=C(\C)c1ccc2ccccc2c1)C/C=C\C.N/C=C/c1ccccc1. The molecule has 31 heavy (non-hydrogen) atoms. The Bertz CT molecular complexity index is 1100. The second kappa shape index (κ2) is 12.8. The number of hydrogen-bond acceptors (Lipinski definition) is 2. The second-order valence-corrected chi connectivity index (χ2v) is 7.27. The van der Waals surface area contributed by atoms with Gasteiger partial charge in [0.05, 0.1) is 0 Å². The third-order valence-electron chi connectivity index (χ3n) is 4.57. The average molecular weight is 409 g/mol. The fourth-order valence-corrected chi connectivity index (χ4v) is 3.06. The standard InChI is InChI=1S/C21H23N.C8H9N/c1-5-6-11-21(22-16(2)3)14-17(4)19-13-12-18-9-7-8-10-20(18)15-19;9-7-6-8-4-2-1-3-5-8/h5-10,12-15H,2,11H2,1,3-4H3;1-7H,9H2/b6-5-,17-14+,22-21?;7-6+. The van der Waals surface area contributed by atoms with Crippen molar-refractivity contribution in [3.05, 3.63) is 121 Å². The summed E-state index contributed by atoms with van der Waals surface area (Å²) in [4.78, 5) is 4.54. The molecule has 2 heteroatoms. The molecule has 0 saturated heterocycles. The van der Waals surface area contributed by atoms with Gasteiger partial charge in [-0.05, 0) is 72.7 Å². The van der Waals surface area contributed by atoms with E-state index in [4.69, 9.17) is 5.73 Å². The van der Waals surface area contributed by atoms with Gasteiger partial charge in [-0.2, -0.15) is 0 Å². The highest BCUT2D eigenvalue weighted by molar-refractivity contribution is 6.02. The molecule has 3 rings (SSSR count). The lowest BCUT2D eigenvalue weighted by Gasteiger charge is -2.06. The lowest BCUT2D eigenvalue weighted by Crippen LogP contribution is -1.94. The van der Waals surface area contributed by atoms with E-state index >= 15 is 0 Å². The van der Waals surface area contributed by atoms with Crippen LogP contribution < -0.4 is 5.73 Å². The van der Waals surface area contributed by atoms with Crippen LogP contribution in [0.25, 0.3) is 22.4 Å². The van der Waals surface area contributed by atoms with Crippen LogP contribution in [0, 0.1) is 0 Å². The Labute approximate surface area is 186 Å². The Balaban J connectivity index is 0.000000316. The zero-order valence-electron chi connectivity index (χ0n) is 18.8. The summed E-state index contributed by atoms with van der Waals surface area (Å²) in [7, 11) is 0. The first-order valence-electron chi connectivity index (χ1n) is 10.5. The van der Waals surface area contributed by atoms with E-state index in [-0.39, 0.29) is 0 Å². The van der Waals surface area contributed by atoms with Crippen LogP contribution >= 0.6 is 0 Å². The van der Waals surface area contributed by atoms with Gasteiger partial charge < -0.3 is 5.73 Å².